The zero-order valence-corrected chi connectivity index (χ0v) is 7.16. The molecule has 0 saturated heterocycles. The molecule has 0 spiro atoms. The number of anilines is 1. The summed E-state index contributed by atoms with van der Waals surface area (Å²) in [4.78, 5) is 0. The Morgan fingerprint density at radius 2 is 1.92 bits per heavy atom. The van der Waals surface area contributed by atoms with Gasteiger partial charge in [-0.1, -0.05) is 5.22 Å². The second-order valence-electron chi connectivity index (χ2n) is 2.03. The third kappa shape index (κ3) is 2.17. The lowest BCUT2D eigenvalue weighted by Crippen LogP contribution is -1.98. The summed E-state index contributed by atoms with van der Waals surface area (Å²) in [6.07, 6.45) is 0. The van der Waals surface area contributed by atoms with E-state index in [0.29, 0.717) is 5.69 Å². The van der Waals surface area contributed by atoms with Crippen LogP contribution >= 0.6 is 11.8 Å². The molecule has 0 aromatic heterocycles. The minimum absolute atomic E-state index is 0.308. The van der Waals surface area contributed by atoms with Gasteiger partial charge in [0.2, 0.25) is 0 Å². The lowest BCUT2D eigenvalue weighted by Gasteiger charge is -2.05. The van der Waals surface area contributed by atoms with Gasteiger partial charge < -0.3 is 0 Å². The van der Waals surface area contributed by atoms with Gasteiger partial charge in [0.1, 0.15) is 5.82 Å². The number of halogens is 2. The van der Waals surface area contributed by atoms with Crippen LogP contribution in [0, 0.1) is 5.82 Å². The van der Waals surface area contributed by atoms with Gasteiger partial charge in [0.15, 0.2) is 0 Å². The predicted octanol–water partition coefficient (Wildman–Crippen LogP) is 2.78. The molecule has 1 rings (SSSR count). The number of hydrogen-bond donors (Lipinski definition) is 0. The van der Waals surface area contributed by atoms with Crippen molar-refractivity contribution in [2.24, 2.45) is 10.3 Å². The molecular weight excluding hydrogens is 181 g/mol. The van der Waals surface area contributed by atoms with Crippen molar-refractivity contribution >= 4 is 17.5 Å². The molecule has 0 aliphatic rings. The molecule has 0 N–H and O–H groups in total. The van der Waals surface area contributed by atoms with E-state index in [1.54, 1.807) is 0 Å². The van der Waals surface area contributed by atoms with Gasteiger partial charge in [0.05, 0.1) is 12.7 Å². The SMILES string of the molecule is CN=NN(Cl)c1ccc(F)cc1. The summed E-state index contributed by atoms with van der Waals surface area (Å²) in [5, 5.41) is 6.99. The maximum Gasteiger partial charge on any atom is 0.123 e. The number of hydrogen-bond acceptors (Lipinski definition) is 2. The van der Waals surface area contributed by atoms with Gasteiger partial charge in [-0.2, -0.15) is 9.64 Å². The van der Waals surface area contributed by atoms with Crippen LogP contribution in [-0.2, 0) is 0 Å². The molecular formula is C7H7ClFN3. The Morgan fingerprint density at radius 3 is 2.42 bits per heavy atom. The molecule has 12 heavy (non-hydrogen) atoms. The van der Waals surface area contributed by atoms with E-state index in [0.717, 1.165) is 4.53 Å². The van der Waals surface area contributed by atoms with Crippen molar-refractivity contribution in [3.63, 3.8) is 0 Å². The highest BCUT2D eigenvalue weighted by Gasteiger charge is 1.99. The first kappa shape index (κ1) is 8.93. The summed E-state index contributed by atoms with van der Waals surface area (Å²) in [6.45, 7) is 0. The molecule has 0 aliphatic heterocycles. The van der Waals surface area contributed by atoms with Crippen molar-refractivity contribution in [1.82, 2.24) is 0 Å². The highest BCUT2D eigenvalue weighted by atomic mass is 35.5. The molecule has 0 heterocycles. The average molecular weight is 188 g/mol. The van der Waals surface area contributed by atoms with E-state index in [-0.39, 0.29) is 5.82 Å². The molecule has 3 nitrogen and oxygen atoms in total. The second-order valence-corrected chi connectivity index (χ2v) is 2.35. The molecule has 1 aromatic carbocycles. The Morgan fingerprint density at radius 1 is 1.33 bits per heavy atom. The molecule has 0 atom stereocenters. The fourth-order valence-electron chi connectivity index (χ4n) is 0.694. The summed E-state index contributed by atoms with van der Waals surface area (Å²) >= 11 is 5.61. The fourth-order valence-corrected chi connectivity index (χ4v) is 0.875. The predicted molar refractivity (Wildman–Crippen MR) is 45.5 cm³/mol. The minimum atomic E-state index is -0.308. The van der Waals surface area contributed by atoms with Crippen LogP contribution in [0.25, 0.3) is 0 Å². The monoisotopic (exact) mass is 187 g/mol. The minimum Gasteiger partial charge on any atom is -0.207 e. The molecule has 5 heteroatoms. The quantitative estimate of drug-likeness (QED) is 0.398. The van der Waals surface area contributed by atoms with Gasteiger partial charge in [-0.15, -0.1) is 0 Å². The maximum atomic E-state index is 12.4. The second kappa shape index (κ2) is 4.01. The average Bonchev–Trinajstić information content (AvgIpc) is 2.06. The summed E-state index contributed by atoms with van der Waals surface area (Å²) in [5.74, 6) is -0.308. The van der Waals surface area contributed by atoms with Gasteiger partial charge >= 0.3 is 0 Å². The summed E-state index contributed by atoms with van der Waals surface area (Å²) < 4.78 is 13.5. The van der Waals surface area contributed by atoms with E-state index in [4.69, 9.17) is 11.8 Å². The van der Waals surface area contributed by atoms with Crippen molar-refractivity contribution in [2.75, 3.05) is 11.6 Å². The lowest BCUT2D eigenvalue weighted by molar-refractivity contribution is 0.628. The molecule has 0 aliphatic carbocycles. The maximum absolute atomic E-state index is 12.4. The van der Waals surface area contributed by atoms with Gasteiger partial charge in [-0.3, -0.25) is 0 Å². The Kier molecular flexibility index (Phi) is 2.99. The van der Waals surface area contributed by atoms with Gasteiger partial charge in [-0.05, 0) is 24.3 Å². The van der Waals surface area contributed by atoms with Crippen LogP contribution in [0.3, 0.4) is 0 Å². The van der Waals surface area contributed by atoms with Crippen LogP contribution in [0.15, 0.2) is 34.6 Å². The highest BCUT2D eigenvalue weighted by molar-refractivity contribution is 6.25. The summed E-state index contributed by atoms with van der Waals surface area (Å²) in [6, 6.07) is 5.62. The van der Waals surface area contributed by atoms with E-state index in [2.05, 4.69) is 10.3 Å². The third-order valence-corrected chi connectivity index (χ3v) is 1.47. The molecule has 0 amide bonds. The molecule has 0 bridgehead atoms. The number of nitrogens with zero attached hydrogens (tertiary/aromatic N) is 3. The molecule has 1 aromatic rings. The first-order valence-electron chi connectivity index (χ1n) is 3.25. The Bertz CT molecular complexity index is 272. The smallest absolute Gasteiger partial charge is 0.123 e. The summed E-state index contributed by atoms with van der Waals surface area (Å²) in [5.41, 5.74) is 0.573. The van der Waals surface area contributed by atoms with Gasteiger partial charge in [-0.25, -0.2) is 4.39 Å². The fraction of sp³-hybridized carbons (Fsp3) is 0.143. The highest BCUT2D eigenvalue weighted by Crippen LogP contribution is 2.16. The molecule has 0 radical (unpaired) electrons. The van der Waals surface area contributed by atoms with Crippen LogP contribution in [-0.4, -0.2) is 7.05 Å². The first-order valence-corrected chi connectivity index (χ1v) is 3.59. The van der Waals surface area contributed by atoms with Crippen molar-refractivity contribution < 1.29 is 4.39 Å². The van der Waals surface area contributed by atoms with E-state index in [1.807, 2.05) is 0 Å². The Labute approximate surface area is 74.6 Å². The van der Waals surface area contributed by atoms with E-state index >= 15 is 0 Å². The normalized spacial score (nSPS) is 10.6. The standard InChI is InChI=1S/C7H7ClFN3/c1-10-11-12(8)7-4-2-6(9)3-5-7/h2-5H,1H3. The van der Waals surface area contributed by atoms with Crippen LogP contribution in [0.2, 0.25) is 0 Å². The van der Waals surface area contributed by atoms with Crippen molar-refractivity contribution in [3.8, 4) is 0 Å². The largest absolute Gasteiger partial charge is 0.207 e. The Hall–Kier alpha value is -1.16. The summed E-state index contributed by atoms with van der Waals surface area (Å²) in [7, 11) is 1.50. The van der Waals surface area contributed by atoms with Crippen LogP contribution < -0.4 is 4.53 Å². The molecule has 0 unspecified atom stereocenters. The third-order valence-electron chi connectivity index (χ3n) is 1.21. The van der Waals surface area contributed by atoms with E-state index in [9.17, 15) is 4.39 Å². The molecule has 64 valence electrons. The van der Waals surface area contributed by atoms with Crippen molar-refractivity contribution in [1.29, 1.82) is 0 Å². The van der Waals surface area contributed by atoms with Crippen LogP contribution in [0.5, 0.6) is 0 Å². The van der Waals surface area contributed by atoms with E-state index in [1.165, 1.54) is 31.3 Å². The van der Waals surface area contributed by atoms with Crippen LogP contribution in [0.4, 0.5) is 10.1 Å². The number of rotatable bonds is 2. The van der Waals surface area contributed by atoms with Crippen molar-refractivity contribution in [2.45, 2.75) is 0 Å². The number of benzene rings is 1. The molecule has 0 saturated carbocycles. The van der Waals surface area contributed by atoms with Gasteiger partial charge in [0.25, 0.3) is 0 Å². The topological polar surface area (TPSA) is 28.0 Å². The zero-order chi connectivity index (χ0) is 8.97. The molecule has 0 fully saturated rings. The van der Waals surface area contributed by atoms with Gasteiger partial charge in [0, 0.05) is 11.8 Å². The van der Waals surface area contributed by atoms with Crippen molar-refractivity contribution in [3.05, 3.63) is 30.1 Å². The first-order chi connectivity index (χ1) is 5.74. The zero-order valence-electron chi connectivity index (χ0n) is 6.41. The van der Waals surface area contributed by atoms with E-state index < -0.39 is 0 Å². The lowest BCUT2D eigenvalue weighted by atomic mass is 10.3. The van der Waals surface area contributed by atoms with Crippen LogP contribution in [0.1, 0.15) is 0 Å². The Balaban J connectivity index is 2.82.